The maximum atomic E-state index is 12.9. The Labute approximate surface area is 252 Å². The van der Waals surface area contributed by atoms with Gasteiger partial charge in [0.25, 0.3) is 0 Å². The second-order valence-corrected chi connectivity index (χ2v) is 12.9. The van der Waals surface area contributed by atoms with Gasteiger partial charge in [-0.05, 0) is 107 Å². The Morgan fingerprint density at radius 2 is 1.73 bits per heavy atom. The number of fused-ring (bicyclic) bond motifs is 3. The molecule has 0 saturated carbocycles. The van der Waals surface area contributed by atoms with Crippen LogP contribution < -0.4 is 4.74 Å². The van der Waals surface area contributed by atoms with Crippen molar-refractivity contribution >= 4 is 43.5 Å². The number of ether oxygens (including phenoxy) is 1. The van der Waals surface area contributed by atoms with Crippen LogP contribution in [0.3, 0.4) is 0 Å². The van der Waals surface area contributed by atoms with Crippen molar-refractivity contribution in [2.45, 2.75) is 77.1 Å². The van der Waals surface area contributed by atoms with Crippen molar-refractivity contribution in [3.63, 3.8) is 0 Å². The van der Waals surface area contributed by atoms with Gasteiger partial charge in [-0.3, -0.25) is 9.69 Å². The van der Waals surface area contributed by atoms with Gasteiger partial charge in [-0.1, -0.05) is 34.1 Å². The van der Waals surface area contributed by atoms with Crippen molar-refractivity contribution in [3.05, 3.63) is 76.3 Å². The number of carbonyl (C=O) groups excluding carboxylic acids is 1. The average molecular weight is 617 g/mol. The average Bonchev–Trinajstić information content (AvgIpc) is 3.53. The fourth-order valence-corrected chi connectivity index (χ4v) is 7.29. The van der Waals surface area contributed by atoms with Crippen LogP contribution in [-0.2, 0) is 13.1 Å². The zero-order chi connectivity index (χ0) is 28.3. The number of piperidine rings is 1. The number of rotatable bonds is 10. The summed E-state index contributed by atoms with van der Waals surface area (Å²) < 4.78 is 9.91. The largest absolute Gasteiger partial charge is 0.490 e. The summed E-state index contributed by atoms with van der Waals surface area (Å²) in [6.45, 7) is 7.35. The first-order chi connectivity index (χ1) is 20.0. The van der Waals surface area contributed by atoms with E-state index in [-0.39, 0.29) is 11.9 Å². The predicted molar refractivity (Wildman–Crippen MR) is 172 cm³/mol. The summed E-state index contributed by atoms with van der Waals surface area (Å²) in [5, 5.41) is 2.64. The Kier molecular flexibility index (Phi) is 8.80. The van der Waals surface area contributed by atoms with Gasteiger partial charge in [0, 0.05) is 70.5 Å². The molecule has 3 aromatic carbocycles. The van der Waals surface area contributed by atoms with E-state index in [1.54, 1.807) is 0 Å². The molecule has 1 unspecified atom stereocenters. The third-order valence-corrected chi connectivity index (χ3v) is 9.71. The lowest BCUT2D eigenvalue weighted by molar-refractivity contribution is 0.0949. The van der Waals surface area contributed by atoms with Crippen LogP contribution in [0.2, 0.25) is 0 Å². The summed E-state index contributed by atoms with van der Waals surface area (Å²) in [6, 6.07) is 22.1. The molecule has 2 aliphatic rings. The van der Waals surface area contributed by atoms with E-state index in [0.29, 0.717) is 12.5 Å². The number of benzene rings is 3. The molecule has 0 N–H and O–H groups in total. The number of aromatic nitrogens is 1. The molecular formula is C35H42BrN3O2. The maximum Gasteiger partial charge on any atom is 0.163 e. The molecule has 0 bridgehead atoms. The lowest BCUT2D eigenvalue weighted by Gasteiger charge is -2.32. The Bertz CT molecular complexity index is 1520. The molecule has 3 heterocycles. The lowest BCUT2D eigenvalue weighted by atomic mass is 10.0. The smallest absolute Gasteiger partial charge is 0.163 e. The molecular weight excluding hydrogens is 574 g/mol. The van der Waals surface area contributed by atoms with E-state index in [4.69, 9.17) is 4.74 Å². The predicted octanol–water partition coefficient (Wildman–Crippen LogP) is 8.07. The summed E-state index contributed by atoms with van der Waals surface area (Å²) in [6.07, 6.45) is 7.44. The van der Waals surface area contributed by atoms with Crippen molar-refractivity contribution in [2.24, 2.45) is 0 Å². The van der Waals surface area contributed by atoms with Crippen LogP contribution in [0, 0.1) is 0 Å². The van der Waals surface area contributed by atoms with E-state index < -0.39 is 0 Å². The number of carbonyl (C=O) groups is 1. The molecule has 0 spiro atoms. The van der Waals surface area contributed by atoms with Gasteiger partial charge in [-0.25, -0.2) is 0 Å². The first kappa shape index (κ1) is 28.4. The first-order valence-corrected chi connectivity index (χ1v) is 16.2. The second kappa shape index (κ2) is 12.7. The van der Waals surface area contributed by atoms with E-state index in [2.05, 4.69) is 80.7 Å². The molecule has 2 saturated heterocycles. The van der Waals surface area contributed by atoms with Gasteiger partial charge < -0.3 is 14.2 Å². The molecule has 2 fully saturated rings. The summed E-state index contributed by atoms with van der Waals surface area (Å²) in [5.41, 5.74) is 4.74. The Morgan fingerprint density at radius 1 is 0.951 bits per heavy atom. The minimum absolute atomic E-state index is 0.192. The highest BCUT2D eigenvalue weighted by atomic mass is 79.9. The van der Waals surface area contributed by atoms with Crippen LogP contribution in [0.25, 0.3) is 21.8 Å². The van der Waals surface area contributed by atoms with Crippen LogP contribution in [0.5, 0.6) is 5.75 Å². The molecule has 0 aliphatic carbocycles. The van der Waals surface area contributed by atoms with Crippen molar-refractivity contribution in [3.8, 4) is 5.75 Å². The van der Waals surface area contributed by atoms with Crippen LogP contribution in [0.15, 0.2) is 65.1 Å². The lowest BCUT2D eigenvalue weighted by Crippen LogP contribution is -2.37. The molecule has 0 amide bonds. The summed E-state index contributed by atoms with van der Waals surface area (Å²) in [4.78, 5) is 17.8. The zero-order valence-electron chi connectivity index (χ0n) is 24.4. The Morgan fingerprint density at radius 3 is 2.49 bits per heavy atom. The van der Waals surface area contributed by atoms with Crippen LogP contribution >= 0.6 is 15.9 Å². The van der Waals surface area contributed by atoms with Gasteiger partial charge in [0.2, 0.25) is 0 Å². The number of hydrogen-bond donors (Lipinski definition) is 0. The Hall–Kier alpha value is -2.67. The van der Waals surface area contributed by atoms with Crippen LogP contribution in [0.1, 0.15) is 67.8 Å². The van der Waals surface area contributed by atoms with E-state index in [1.807, 2.05) is 24.3 Å². The van der Waals surface area contributed by atoms with Crippen molar-refractivity contribution < 1.29 is 9.53 Å². The number of ketones is 1. The molecule has 1 aromatic heterocycles. The number of likely N-dealkylation sites (tertiary alicyclic amines) is 2. The fraction of sp³-hybridized carbons (Fsp3) is 0.457. The number of halogens is 1. The molecule has 1 atom stereocenters. The Balaban J connectivity index is 1.02. The van der Waals surface area contributed by atoms with Gasteiger partial charge >= 0.3 is 0 Å². The number of hydrogen-bond acceptors (Lipinski definition) is 4. The van der Waals surface area contributed by atoms with E-state index in [1.165, 1.54) is 46.8 Å². The van der Waals surface area contributed by atoms with E-state index in [0.717, 1.165) is 67.6 Å². The minimum atomic E-state index is 0.192. The van der Waals surface area contributed by atoms with Crippen LogP contribution in [0.4, 0.5) is 0 Å². The number of aryl methyl sites for hydroxylation is 1. The highest BCUT2D eigenvalue weighted by molar-refractivity contribution is 9.10. The van der Waals surface area contributed by atoms with Gasteiger partial charge in [-0.2, -0.15) is 0 Å². The van der Waals surface area contributed by atoms with Gasteiger partial charge in [0.05, 0.1) is 0 Å². The zero-order valence-corrected chi connectivity index (χ0v) is 26.0. The highest BCUT2D eigenvalue weighted by Crippen LogP contribution is 2.32. The topological polar surface area (TPSA) is 37.7 Å². The number of nitrogens with zero attached hydrogens (tertiary/aromatic N) is 3. The monoisotopic (exact) mass is 615 g/mol. The molecule has 216 valence electrons. The maximum absolute atomic E-state index is 12.9. The molecule has 0 radical (unpaired) electrons. The van der Waals surface area contributed by atoms with Crippen LogP contribution in [-0.4, -0.2) is 59.0 Å². The highest BCUT2D eigenvalue weighted by Gasteiger charge is 2.23. The van der Waals surface area contributed by atoms with Gasteiger partial charge in [0.15, 0.2) is 5.78 Å². The van der Waals surface area contributed by atoms with Crippen molar-refractivity contribution in [2.75, 3.05) is 26.7 Å². The number of Topliss-reactive ketones (excluding diaryl/α,β-unsaturated/α-hetero) is 1. The quantitative estimate of drug-likeness (QED) is 0.169. The SMILES string of the molecule is CCn1c2ccc(Br)cc2c2cc(CN3CCC(Oc4cccc(C(=O)CCCC5CCCN5C)c4)CC3)ccc21. The molecule has 5 nitrogen and oxygen atoms in total. The molecule has 6 rings (SSSR count). The molecule has 41 heavy (non-hydrogen) atoms. The normalized spacial score (nSPS) is 19.0. The fourth-order valence-electron chi connectivity index (χ4n) is 6.93. The standard InChI is InChI=1S/C35H42BrN3O2/c1-3-39-33-14-12-25(21-31(33)32-23-27(36)13-15-34(32)39)24-38-19-16-29(17-20-38)41-30-10-4-7-26(22-30)35(40)11-5-8-28-9-6-18-37(28)2/h4,7,10,12-15,21-23,28-29H,3,5-6,8-9,11,16-20,24H2,1-2H3. The second-order valence-electron chi connectivity index (χ2n) is 12.0. The summed E-state index contributed by atoms with van der Waals surface area (Å²) in [5.74, 6) is 1.06. The van der Waals surface area contributed by atoms with Gasteiger partial charge in [-0.15, -0.1) is 0 Å². The third kappa shape index (κ3) is 6.40. The van der Waals surface area contributed by atoms with Gasteiger partial charge in [0.1, 0.15) is 11.9 Å². The minimum Gasteiger partial charge on any atom is -0.490 e. The molecule has 2 aliphatic heterocycles. The molecule has 4 aromatic rings. The van der Waals surface area contributed by atoms with E-state index >= 15 is 0 Å². The molecule has 6 heteroatoms. The summed E-state index contributed by atoms with van der Waals surface area (Å²) >= 11 is 3.66. The van der Waals surface area contributed by atoms with Crippen molar-refractivity contribution in [1.29, 1.82) is 0 Å². The van der Waals surface area contributed by atoms with Crippen molar-refractivity contribution in [1.82, 2.24) is 14.4 Å². The third-order valence-electron chi connectivity index (χ3n) is 9.22. The first-order valence-electron chi connectivity index (χ1n) is 15.4. The van der Waals surface area contributed by atoms with E-state index in [9.17, 15) is 4.79 Å². The summed E-state index contributed by atoms with van der Waals surface area (Å²) in [7, 11) is 2.20.